The maximum Gasteiger partial charge on any atom is 0.0850 e. The van der Waals surface area contributed by atoms with Gasteiger partial charge in [-0.05, 0) is 5.57 Å². The molecule has 0 amide bonds. The Labute approximate surface area is 61.7 Å². The van der Waals surface area contributed by atoms with Gasteiger partial charge in [-0.15, -0.1) is 0 Å². The first-order valence-electron chi connectivity index (χ1n) is 3.42. The summed E-state index contributed by atoms with van der Waals surface area (Å²) in [7, 11) is 0. The minimum atomic E-state index is 0.448. The molecule has 1 aliphatic rings. The van der Waals surface area contributed by atoms with Crippen LogP contribution in [0.2, 0.25) is 0 Å². The first-order chi connectivity index (χ1) is 4.86. The predicted molar refractivity (Wildman–Crippen MR) is 42.8 cm³/mol. The number of epoxide rings is 1. The Morgan fingerprint density at radius 1 is 1.60 bits per heavy atom. The van der Waals surface area contributed by atoms with E-state index in [0.717, 1.165) is 13.0 Å². The zero-order valence-corrected chi connectivity index (χ0v) is 6.05. The lowest BCUT2D eigenvalue weighted by Gasteiger charge is -1.93. The number of ether oxygens (including phenoxy) is 1. The second-order valence-corrected chi connectivity index (χ2v) is 2.34. The molecule has 0 saturated carbocycles. The molecule has 0 N–H and O–H groups in total. The zero-order valence-electron chi connectivity index (χ0n) is 6.05. The number of allylic oxidation sites excluding steroid dienone is 3. The van der Waals surface area contributed by atoms with Crippen molar-refractivity contribution >= 4 is 0 Å². The molecule has 1 aliphatic heterocycles. The van der Waals surface area contributed by atoms with E-state index in [2.05, 4.69) is 13.2 Å². The van der Waals surface area contributed by atoms with Gasteiger partial charge in [-0.2, -0.15) is 0 Å². The highest BCUT2D eigenvalue weighted by Crippen LogP contribution is 2.19. The van der Waals surface area contributed by atoms with Crippen molar-refractivity contribution in [3.8, 4) is 0 Å². The van der Waals surface area contributed by atoms with Crippen LogP contribution in [0.15, 0.2) is 37.0 Å². The molecule has 1 heterocycles. The SMILES string of the molecule is C=C/C=C(\C=C)CC1CO1. The lowest BCUT2D eigenvalue weighted by Crippen LogP contribution is -1.86. The van der Waals surface area contributed by atoms with Crippen molar-refractivity contribution in [1.29, 1.82) is 0 Å². The molecule has 1 saturated heterocycles. The van der Waals surface area contributed by atoms with Crippen LogP contribution in [0.1, 0.15) is 6.42 Å². The maximum absolute atomic E-state index is 5.06. The fraction of sp³-hybridized carbons (Fsp3) is 0.333. The summed E-state index contributed by atoms with van der Waals surface area (Å²) < 4.78 is 5.06. The van der Waals surface area contributed by atoms with Crippen molar-refractivity contribution < 1.29 is 4.74 Å². The molecule has 0 radical (unpaired) electrons. The summed E-state index contributed by atoms with van der Waals surface area (Å²) in [5.74, 6) is 0. The Kier molecular flexibility index (Phi) is 2.46. The van der Waals surface area contributed by atoms with Crippen LogP contribution in [0.5, 0.6) is 0 Å². The standard InChI is InChI=1S/C9H12O/c1-3-5-8(4-2)6-9-7-10-9/h3-5,9H,1-2,6-7H2/b8-5+. The highest BCUT2D eigenvalue weighted by atomic mass is 16.6. The minimum absolute atomic E-state index is 0.448. The molecular weight excluding hydrogens is 124 g/mol. The molecule has 10 heavy (non-hydrogen) atoms. The van der Waals surface area contributed by atoms with Crippen molar-refractivity contribution in [1.82, 2.24) is 0 Å². The van der Waals surface area contributed by atoms with Gasteiger partial charge in [0.1, 0.15) is 0 Å². The van der Waals surface area contributed by atoms with Crippen LogP contribution in [0, 0.1) is 0 Å². The van der Waals surface area contributed by atoms with Gasteiger partial charge >= 0.3 is 0 Å². The van der Waals surface area contributed by atoms with Gasteiger partial charge in [0.05, 0.1) is 12.7 Å². The smallest absolute Gasteiger partial charge is 0.0850 e. The molecule has 1 atom stereocenters. The average molecular weight is 136 g/mol. The molecule has 1 nitrogen and oxygen atoms in total. The largest absolute Gasteiger partial charge is 0.373 e. The van der Waals surface area contributed by atoms with E-state index in [1.807, 2.05) is 12.2 Å². The second kappa shape index (κ2) is 3.37. The van der Waals surface area contributed by atoms with Crippen molar-refractivity contribution in [3.05, 3.63) is 37.0 Å². The van der Waals surface area contributed by atoms with E-state index in [4.69, 9.17) is 4.74 Å². The Bertz CT molecular complexity index is 164. The van der Waals surface area contributed by atoms with Crippen LogP contribution >= 0.6 is 0 Å². The number of hydrogen-bond donors (Lipinski definition) is 0. The minimum Gasteiger partial charge on any atom is -0.373 e. The maximum atomic E-state index is 5.06. The summed E-state index contributed by atoms with van der Waals surface area (Å²) in [6.45, 7) is 8.21. The summed E-state index contributed by atoms with van der Waals surface area (Å²) in [4.78, 5) is 0. The normalized spacial score (nSPS) is 24.0. The third kappa shape index (κ3) is 2.19. The van der Waals surface area contributed by atoms with Gasteiger partial charge in [0.15, 0.2) is 0 Å². The molecule has 1 rings (SSSR count). The van der Waals surface area contributed by atoms with Crippen LogP contribution in [-0.2, 0) is 4.74 Å². The Hall–Kier alpha value is -0.820. The summed E-state index contributed by atoms with van der Waals surface area (Å²) in [5.41, 5.74) is 1.21. The van der Waals surface area contributed by atoms with E-state index < -0.39 is 0 Å². The number of hydrogen-bond acceptors (Lipinski definition) is 1. The monoisotopic (exact) mass is 136 g/mol. The van der Waals surface area contributed by atoms with Crippen molar-refractivity contribution in [2.75, 3.05) is 6.61 Å². The molecule has 1 heteroatoms. The first kappa shape index (κ1) is 7.29. The molecular formula is C9H12O. The van der Waals surface area contributed by atoms with Crippen LogP contribution < -0.4 is 0 Å². The molecule has 0 bridgehead atoms. The van der Waals surface area contributed by atoms with Gasteiger partial charge in [-0.3, -0.25) is 0 Å². The Morgan fingerprint density at radius 2 is 2.30 bits per heavy atom. The van der Waals surface area contributed by atoms with Crippen LogP contribution in [0.3, 0.4) is 0 Å². The van der Waals surface area contributed by atoms with Crippen LogP contribution in [-0.4, -0.2) is 12.7 Å². The topological polar surface area (TPSA) is 12.5 Å². The lowest BCUT2D eigenvalue weighted by atomic mass is 10.1. The molecule has 1 fully saturated rings. The summed E-state index contributed by atoms with van der Waals surface area (Å²) in [6, 6.07) is 0. The van der Waals surface area contributed by atoms with E-state index >= 15 is 0 Å². The first-order valence-corrected chi connectivity index (χ1v) is 3.42. The molecule has 54 valence electrons. The third-order valence-corrected chi connectivity index (χ3v) is 1.46. The molecule has 0 aliphatic carbocycles. The highest BCUT2D eigenvalue weighted by Gasteiger charge is 2.22. The average Bonchev–Trinajstić information content (AvgIpc) is 2.71. The van der Waals surface area contributed by atoms with Crippen LogP contribution in [0.4, 0.5) is 0 Å². The quantitative estimate of drug-likeness (QED) is 0.426. The summed E-state index contributed by atoms with van der Waals surface area (Å²) in [6.07, 6.45) is 7.02. The van der Waals surface area contributed by atoms with Gasteiger partial charge in [-0.25, -0.2) is 0 Å². The Balaban J connectivity index is 2.38. The molecule has 0 spiro atoms. The lowest BCUT2D eigenvalue weighted by molar-refractivity contribution is 0.408. The van der Waals surface area contributed by atoms with Gasteiger partial charge in [0.25, 0.3) is 0 Å². The van der Waals surface area contributed by atoms with Gasteiger partial charge in [0.2, 0.25) is 0 Å². The van der Waals surface area contributed by atoms with E-state index in [-0.39, 0.29) is 0 Å². The van der Waals surface area contributed by atoms with E-state index in [1.165, 1.54) is 5.57 Å². The fourth-order valence-electron chi connectivity index (χ4n) is 0.820. The van der Waals surface area contributed by atoms with E-state index in [1.54, 1.807) is 6.08 Å². The zero-order chi connectivity index (χ0) is 7.40. The van der Waals surface area contributed by atoms with Crippen molar-refractivity contribution in [3.63, 3.8) is 0 Å². The molecule has 0 aromatic rings. The molecule has 0 aromatic carbocycles. The van der Waals surface area contributed by atoms with Gasteiger partial charge in [-0.1, -0.05) is 31.4 Å². The van der Waals surface area contributed by atoms with Gasteiger partial charge < -0.3 is 4.74 Å². The third-order valence-electron chi connectivity index (χ3n) is 1.46. The summed E-state index contributed by atoms with van der Waals surface area (Å²) >= 11 is 0. The predicted octanol–water partition coefficient (Wildman–Crippen LogP) is 2.07. The molecule has 0 aromatic heterocycles. The van der Waals surface area contributed by atoms with Crippen molar-refractivity contribution in [2.24, 2.45) is 0 Å². The van der Waals surface area contributed by atoms with Crippen molar-refractivity contribution in [2.45, 2.75) is 12.5 Å². The van der Waals surface area contributed by atoms with E-state index in [0.29, 0.717) is 6.10 Å². The fourth-order valence-corrected chi connectivity index (χ4v) is 0.820. The van der Waals surface area contributed by atoms with Crippen LogP contribution in [0.25, 0.3) is 0 Å². The van der Waals surface area contributed by atoms with E-state index in [9.17, 15) is 0 Å². The molecule has 1 unspecified atom stereocenters. The second-order valence-electron chi connectivity index (χ2n) is 2.34. The Morgan fingerprint density at radius 3 is 2.70 bits per heavy atom. The summed E-state index contributed by atoms with van der Waals surface area (Å²) in [5, 5.41) is 0. The number of rotatable bonds is 4. The van der Waals surface area contributed by atoms with Gasteiger partial charge in [0, 0.05) is 6.42 Å². The highest BCUT2D eigenvalue weighted by molar-refractivity contribution is 5.22.